The molecule has 0 fully saturated rings. The lowest BCUT2D eigenvalue weighted by atomic mass is 10.1. The van der Waals surface area contributed by atoms with Gasteiger partial charge in [0.25, 0.3) is 0 Å². The van der Waals surface area contributed by atoms with Gasteiger partial charge < -0.3 is 5.11 Å². The van der Waals surface area contributed by atoms with Crippen LogP contribution in [0.25, 0.3) is 0 Å². The van der Waals surface area contributed by atoms with E-state index in [4.69, 9.17) is 5.11 Å². The summed E-state index contributed by atoms with van der Waals surface area (Å²) in [7, 11) is 0. The third-order valence-corrected chi connectivity index (χ3v) is 1.87. The largest absolute Gasteiger partial charge is 0.396 e. The summed E-state index contributed by atoms with van der Waals surface area (Å²) in [6.07, 6.45) is 4.43. The van der Waals surface area contributed by atoms with Crippen molar-refractivity contribution in [1.82, 2.24) is 0 Å². The Labute approximate surface area is 62.9 Å². The fourth-order valence-corrected chi connectivity index (χ4v) is 1.03. The lowest BCUT2D eigenvalue weighted by molar-refractivity contribution is 0.285. The van der Waals surface area contributed by atoms with Crippen LogP contribution in [0.1, 0.15) is 32.6 Å². The van der Waals surface area contributed by atoms with Gasteiger partial charge in [0, 0.05) is 11.9 Å². The summed E-state index contributed by atoms with van der Waals surface area (Å²) < 4.78 is 0. The summed E-state index contributed by atoms with van der Waals surface area (Å²) in [4.78, 5) is 0. The fourth-order valence-electron chi connectivity index (χ4n) is 0.733. The van der Waals surface area contributed by atoms with Gasteiger partial charge in [-0.25, -0.2) is 0 Å². The van der Waals surface area contributed by atoms with Crippen LogP contribution in [-0.4, -0.2) is 17.0 Å². The molecule has 56 valence electrons. The van der Waals surface area contributed by atoms with Gasteiger partial charge in [0.2, 0.25) is 0 Å². The van der Waals surface area contributed by atoms with Gasteiger partial charge in [-0.3, -0.25) is 0 Å². The molecule has 0 aliphatic heterocycles. The summed E-state index contributed by atoms with van der Waals surface area (Å²) in [5.74, 6) is 0. The smallest absolute Gasteiger partial charge is 0.0441 e. The zero-order valence-electron chi connectivity index (χ0n) is 6.01. The molecule has 0 aliphatic rings. The average molecular weight is 148 g/mol. The molecule has 0 amide bonds. The van der Waals surface area contributed by atoms with Crippen LogP contribution in [0.2, 0.25) is 0 Å². The Morgan fingerprint density at radius 1 is 1.44 bits per heavy atom. The van der Waals surface area contributed by atoms with E-state index in [0.717, 1.165) is 12.8 Å². The second-order valence-electron chi connectivity index (χ2n) is 2.31. The molecule has 1 nitrogen and oxygen atoms in total. The van der Waals surface area contributed by atoms with Crippen molar-refractivity contribution >= 4 is 12.6 Å². The highest BCUT2D eigenvalue weighted by molar-refractivity contribution is 7.80. The number of thiol groups is 1. The van der Waals surface area contributed by atoms with Crippen molar-refractivity contribution in [3.8, 4) is 0 Å². The Balaban J connectivity index is 2.95. The maximum atomic E-state index is 8.49. The van der Waals surface area contributed by atoms with Gasteiger partial charge in [0.1, 0.15) is 0 Å². The molecule has 0 aromatic rings. The van der Waals surface area contributed by atoms with E-state index in [9.17, 15) is 0 Å². The minimum atomic E-state index is 0.276. The molecular weight excluding hydrogens is 132 g/mol. The van der Waals surface area contributed by atoms with E-state index in [1.165, 1.54) is 12.8 Å². The molecule has 0 unspecified atom stereocenters. The lowest BCUT2D eigenvalue weighted by Gasteiger charge is -2.05. The van der Waals surface area contributed by atoms with Crippen molar-refractivity contribution in [2.45, 2.75) is 37.9 Å². The van der Waals surface area contributed by atoms with E-state index in [1.807, 2.05) is 0 Å². The molecular formula is C7H16OS. The molecule has 1 N–H and O–H groups in total. The first-order valence-electron chi connectivity index (χ1n) is 3.60. The van der Waals surface area contributed by atoms with Crippen molar-refractivity contribution in [2.24, 2.45) is 0 Å². The highest BCUT2D eigenvalue weighted by Crippen LogP contribution is 2.09. The Bertz CT molecular complexity index is 56.9. The van der Waals surface area contributed by atoms with Gasteiger partial charge in [0.15, 0.2) is 0 Å². The summed E-state index contributed by atoms with van der Waals surface area (Å²) in [6, 6.07) is 0. The van der Waals surface area contributed by atoms with E-state index in [-0.39, 0.29) is 6.61 Å². The fraction of sp³-hybridized carbons (Fsp3) is 1.00. The number of aliphatic hydroxyl groups excluding tert-OH is 1. The third-order valence-electron chi connectivity index (χ3n) is 1.35. The van der Waals surface area contributed by atoms with Crippen LogP contribution >= 0.6 is 12.6 Å². The van der Waals surface area contributed by atoms with E-state index >= 15 is 0 Å². The minimum absolute atomic E-state index is 0.276. The molecule has 0 rings (SSSR count). The van der Waals surface area contributed by atoms with Crippen LogP contribution in [0.15, 0.2) is 0 Å². The van der Waals surface area contributed by atoms with Gasteiger partial charge in [-0.2, -0.15) is 12.6 Å². The second-order valence-corrected chi connectivity index (χ2v) is 3.04. The van der Waals surface area contributed by atoms with E-state index in [2.05, 4.69) is 19.6 Å². The maximum absolute atomic E-state index is 8.49. The second kappa shape index (κ2) is 6.43. The SMILES string of the molecule is CCCC[C@H](S)CCO. The average Bonchev–Trinajstić information content (AvgIpc) is 1.85. The molecule has 2 heteroatoms. The van der Waals surface area contributed by atoms with Gasteiger partial charge in [-0.15, -0.1) is 0 Å². The predicted octanol–water partition coefficient (Wildman–Crippen LogP) is 1.86. The van der Waals surface area contributed by atoms with Gasteiger partial charge in [-0.1, -0.05) is 19.8 Å². The van der Waals surface area contributed by atoms with Crippen LogP contribution in [0.4, 0.5) is 0 Å². The first-order chi connectivity index (χ1) is 4.31. The molecule has 0 aromatic heterocycles. The molecule has 0 spiro atoms. The first kappa shape index (κ1) is 9.31. The van der Waals surface area contributed by atoms with Crippen molar-refractivity contribution in [2.75, 3.05) is 6.61 Å². The van der Waals surface area contributed by atoms with E-state index in [0.29, 0.717) is 5.25 Å². The molecule has 0 radical (unpaired) electrons. The van der Waals surface area contributed by atoms with Crippen molar-refractivity contribution in [3.63, 3.8) is 0 Å². The number of rotatable bonds is 5. The van der Waals surface area contributed by atoms with Crippen LogP contribution in [0.5, 0.6) is 0 Å². The molecule has 1 atom stereocenters. The lowest BCUT2D eigenvalue weighted by Crippen LogP contribution is -2.00. The highest BCUT2D eigenvalue weighted by atomic mass is 32.1. The van der Waals surface area contributed by atoms with Crippen LogP contribution in [-0.2, 0) is 0 Å². The first-order valence-corrected chi connectivity index (χ1v) is 4.11. The topological polar surface area (TPSA) is 20.2 Å². The minimum Gasteiger partial charge on any atom is -0.396 e. The van der Waals surface area contributed by atoms with Crippen molar-refractivity contribution in [3.05, 3.63) is 0 Å². The van der Waals surface area contributed by atoms with Crippen LogP contribution in [0.3, 0.4) is 0 Å². The maximum Gasteiger partial charge on any atom is 0.0441 e. The quantitative estimate of drug-likeness (QED) is 0.570. The van der Waals surface area contributed by atoms with Crippen LogP contribution in [0, 0.1) is 0 Å². The number of hydrogen-bond acceptors (Lipinski definition) is 2. The van der Waals surface area contributed by atoms with Gasteiger partial charge >= 0.3 is 0 Å². The third kappa shape index (κ3) is 6.19. The highest BCUT2D eigenvalue weighted by Gasteiger charge is 1.99. The summed E-state index contributed by atoms with van der Waals surface area (Å²) in [6.45, 7) is 2.44. The Morgan fingerprint density at radius 2 is 2.11 bits per heavy atom. The molecule has 0 aliphatic carbocycles. The zero-order chi connectivity index (χ0) is 7.11. The molecule has 0 saturated heterocycles. The van der Waals surface area contributed by atoms with Crippen molar-refractivity contribution in [1.29, 1.82) is 0 Å². The van der Waals surface area contributed by atoms with Gasteiger partial charge in [-0.05, 0) is 12.8 Å². The molecule has 9 heavy (non-hydrogen) atoms. The molecule has 0 aromatic carbocycles. The van der Waals surface area contributed by atoms with E-state index < -0.39 is 0 Å². The Morgan fingerprint density at radius 3 is 2.56 bits per heavy atom. The zero-order valence-corrected chi connectivity index (χ0v) is 6.90. The standard InChI is InChI=1S/C7H16OS/c1-2-3-4-7(9)5-6-8/h7-9H,2-6H2,1H3/t7-/m0/s1. The van der Waals surface area contributed by atoms with Crippen molar-refractivity contribution < 1.29 is 5.11 Å². The van der Waals surface area contributed by atoms with E-state index in [1.54, 1.807) is 0 Å². The molecule has 0 heterocycles. The monoisotopic (exact) mass is 148 g/mol. The Hall–Kier alpha value is 0.310. The number of aliphatic hydroxyl groups is 1. The predicted molar refractivity (Wildman–Crippen MR) is 44.0 cm³/mol. The molecule has 0 saturated carbocycles. The van der Waals surface area contributed by atoms with Crippen LogP contribution < -0.4 is 0 Å². The summed E-state index contributed by atoms with van der Waals surface area (Å²) in [5.41, 5.74) is 0. The Kier molecular flexibility index (Phi) is 6.65. The summed E-state index contributed by atoms with van der Waals surface area (Å²) in [5, 5.41) is 8.90. The summed E-state index contributed by atoms with van der Waals surface area (Å²) >= 11 is 4.28. The number of unbranched alkanes of at least 4 members (excludes halogenated alkanes) is 1. The normalized spacial score (nSPS) is 13.7. The molecule has 0 bridgehead atoms. The van der Waals surface area contributed by atoms with Gasteiger partial charge in [0.05, 0.1) is 0 Å². The number of hydrogen-bond donors (Lipinski definition) is 2.